The molecular weight excluding hydrogens is 374 g/mol. The zero-order chi connectivity index (χ0) is 19.5. The van der Waals surface area contributed by atoms with Crippen molar-refractivity contribution in [3.63, 3.8) is 0 Å². The number of pyridine rings is 1. The van der Waals surface area contributed by atoms with E-state index in [-0.39, 0.29) is 18.1 Å². The van der Waals surface area contributed by atoms with E-state index in [2.05, 4.69) is 15.5 Å². The number of rotatable bonds is 4. The van der Waals surface area contributed by atoms with E-state index in [1.165, 1.54) is 6.21 Å². The molecule has 4 aromatic rings. The summed E-state index contributed by atoms with van der Waals surface area (Å²) in [4.78, 5) is 16.4. The molecule has 0 aliphatic heterocycles. The fraction of sp³-hybridized carbons (Fsp3) is 0.0455. The van der Waals surface area contributed by atoms with Gasteiger partial charge in [0.25, 0.3) is 0 Å². The second-order valence-corrected chi connectivity index (χ2v) is 6.71. The van der Waals surface area contributed by atoms with Crippen LogP contribution in [-0.4, -0.2) is 22.2 Å². The van der Waals surface area contributed by atoms with Crippen molar-refractivity contribution >= 4 is 45.4 Å². The molecule has 0 fully saturated rings. The Labute approximate surface area is 166 Å². The fourth-order valence-electron chi connectivity index (χ4n) is 3.14. The molecule has 2 N–H and O–H groups in total. The SMILES string of the molecule is O=C(Cc1cccc2ccccc12)N/N=C\c1cc(Cl)c2cccnc2c1O. The number of carbonyl (C=O) groups is 1. The summed E-state index contributed by atoms with van der Waals surface area (Å²) in [5.74, 6) is -0.288. The van der Waals surface area contributed by atoms with E-state index < -0.39 is 0 Å². The Morgan fingerprint density at radius 2 is 1.89 bits per heavy atom. The van der Waals surface area contributed by atoms with E-state index in [0.29, 0.717) is 21.5 Å². The van der Waals surface area contributed by atoms with E-state index in [9.17, 15) is 9.90 Å². The number of hydrogen-bond acceptors (Lipinski definition) is 4. The molecule has 0 radical (unpaired) electrons. The number of amides is 1. The quantitative estimate of drug-likeness (QED) is 0.400. The molecule has 0 saturated heterocycles. The zero-order valence-electron chi connectivity index (χ0n) is 14.8. The molecule has 0 aliphatic carbocycles. The smallest absolute Gasteiger partial charge is 0.244 e. The summed E-state index contributed by atoms with van der Waals surface area (Å²) in [6.45, 7) is 0. The number of hydrogen-bond donors (Lipinski definition) is 2. The Morgan fingerprint density at radius 3 is 2.79 bits per heavy atom. The largest absolute Gasteiger partial charge is 0.505 e. The predicted molar refractivity (Wildman–Crippen MR) is 112 cm³/mol. The Balaban J connectivity index is 1.51. The Bertz CT molecular complexity index is 1220. The van der Waals surface area contributed by atoms with Crippen molar-refractivity contribution in [2.24, 2.45) is 5.10 Å². The molecule has 0 bridgehead atoms. The lowest BCUT2D eigenvalue weighted by molar-refractivity contribution is -0.120. The van der Waals surface area contributed by atoms with Crippen LogP contribution < -0.4 is 5.43 Å². The van der Waals surface area contributed by atoms with Gasteiger partial charge in [0.15, 0.2) is 5.75 Å². The van der Waals surface area contributed by atoms with Gasteiger partial charge in [-0.2, -0.15) is 5.10 Å². The van der Waals surface area contributed by atoms with Gasteiger partial charge >= 0.3 is 0 Å². The molecule has 0 aliphatic rings. The lowest BCUT2D eigenvalue weighted by Gasteiger charge is -2.07. The van der Waals surface area contributed by atoms with E-state index in [1.807, 2.05) is 42.5 Å². The molecule has 0 unspecified atom stereocenters. The van der Waals surface area contributed by atoms with E-state index in [4.69, 9.17) is 11.6 Å². The number of nitrogens with zero attached hydrogens (tertiary/aromatic N) is 2. The summed E-state index contributed by atoms with van der Waals surface area (Å²) in [5, 5.41) is 17.5. The number of carbonyl (C=O) groups excluding carboxylic acids is 1. The van der Waals surface area contributed by atoms with Gasteiger partial charge in [-0.1, -0.05) is 54.1 Å². The summed E-state index contributed by atoms with van der Waals surface area (Å²) < 4.78 is 0. The number of fused-ring (bicyclic) bond motifs is 2. The average molecular weight is 390 g/mol. The number of aromatic nitrogens is 1. The monoisotopic (exact) mass is 389 g/mol. The van der Waals surface area contributed by atoms with E-state index in [1.54, 1.807) is 24.4 Å². The van der Waals surface area contributed by atoms with E-state index in [0.717, 1.165) is 16.3 Å². The maximum Gasteiger partial charge on any atom is 0.244 e. The zero-order valence-corrected chi connectivity index (χ0v) is 15.5. The Morgan fingerprint density at radius 1 is 1.11 bits per heavy atom. The number of phenols is 1. The predicted octanol–water partition coefficient (Wildman–Crippen LogP) is 4.44. The molecule has 0 spiro atoms. The normalized spacial score (nSPS) is 11.3. The Kier molecular flexibility index (Phi) is 4.91. The van der Waals surface area contributed by atoms with Gasteiger partial charge in [0.05, 0.1) is 17.7 Å². The fourth-order valence-corrected chi connectivity index (χ4v) is 3.41. The van der Waals surface area contributed by atoms with Crippen LogP contribution in [0.3, 0.4) is 0 Å². The first-order valence-corrected chi connectivity index (χ1v) is 9.06. The van der Waals surface area contributed by atoms with Gasteiger partial charge in [0.2, 0.25) is 5.91 Å². The molecule has 1 heterocycles. The lowest BCUT2D eigenvalue weighted by atomic mass is 10.0. The lowest BCUT2D eigenvalue weighted by Crippen LogP contribution is -2.19. The number of aromatic hydroxyl groups is 1. The highest BCUT2D eigenvalue weighted by atomic mass is 35.5. The summed E-state index contributed by atoms with van der Waals surface area (Å²) >= 11 is 6.24. The number of hydrazone groups is 1. The van der Waals surface area contributed by atoms with Crippen LogP contribution in [0, 0.1) is 0 Å². The highest BCUT2D eigenvalue weighted by Gasteiger charge is 2.10. The minimum absolute atomic E-state index is 0.0351. The van der Waals surface area contributed by atoms with Crippen molar-refractivity contribution in [2.75, 3.05) is 0 Å². The molecule has 138 valence electrons. The Hall–Kier alpha value is -3.44. The molecule has 0 saturated carbocycles. The van der Waals surface area contributed by atoms with Gasteiger partial charge in [0.1, 0.15) is 5.52 Å². The first kappa shape index (κ1) is 17.9. The molecule has 0 atom stereocenters. The van der Waals surface area contributed by atoms with Crippen molar-refractivity contribution in [2.45, 2.75) is 6.42 Å². The number of halogens is 1. The van der Waals surface area contributed by atoms with Gasteiger partial charge in [-0.3, -0.25) is 9.78 Å². The van der Waals surface area contributed by atoms with Crippen LogP contribution in [0.5, 0.6) is 5.75 Å². The standard InChI is InChI=1S/C22H16ClN3O2/c23-19-11-16(22(28)21-18(19)9-4-10-24-21)13-25-26-20(27)12-15-7-3-6-14-5-1-2-8-17(14)15/h1-11,13,28H,12H2,(H,26,27)/b25-13-. The first-order valence-electron chi connectivity index (χ1n) is 8.68. The number of benzene rings is 3. The number of phenolic OH excluding ortho intramolecular Hbond substituents is 1. The third-order valence-electron chi connectivity index (χ3n) is 4.47. The second kappa shape index (κ2) is 7.66. The van der Waals surface area contributed by atoms with Crippen LogP contribution >= 0.6 is 11.6 Å². The highest BCUT2D eigenvalue weighted by molar-refractivity contribution is 6.36. The third-order valence-corrected chi connectivity index (χ3v) is 4.78. The van der Waals surface area contributed by atoms with Crippen molar-refractivity contribution in [1.82, 2.24) is 10.4 Å². The minimum atomic E-state index is -0.253. The minimum Gasteiger partial charge on any atom is -0.505 e. The summed E-state index contributed by atoms with van der Waals surface area (Å²) in [6.07, 6.45) is 3.13. The molecule has 1 aromatic heterocycles. The molecule has 1 amide bonds. The summed E-state index contributed by atoms with van der Waals surface area (Å²) in [6, 6.07) is 18.9. The highest BCUT2D eigenvalue weighted by Crippen LogP contribution is 2.31. The molecule has 4 rings (SSSR count). The summed E-state index contributed by atoms with van der Waals surface area (Å²) in [5.41, 5.74) is 4.18. The van der Waals surface area contributed by atoms with Crippen LogP contribution in [0.15, 0.2) is 72.0 Å². The van der Waals surface area contributed by atoms with Gasteiger partial charge in [0, 0.05) is 17.1 Å². The maximum atomic E-state index is 12.3. The van der Waals surface area contributed by atoms with Crippen molar-refractivity contribution in [3.8, 4) is 5.75 Å². The van der Waals surface area contributed by atoms with Gasteiger partial charge < -0.3 is 5.11 Å². The number of nitrogens with one attached hydrogen (secondary N) is 1. The van der Waals surface area contributed by atoms with Crippen molar-refractivity contribution in [3.05, 3.63) is 83.0 Å². The molecule has 5 nitrogen and oxygen atoms in total. The molecule has 6 heteroatoms. The topological polar surface area (TPSA) is 74.6 Å². The van der Waals surface area contributed by atoms with Crippen molar-refractivity contribution in [1.29, 1.82) is 0 Å². The molecule has 28 heavy (non-hydrogen) atoms. The van der Waals surface area contributed by atoms with Gasteiger partial charge in [-0.15, -0.1) is 0 Å². The summed E-state index contributed by atoms with van der Waals surface area (Å²) in [7, 11) is 0. The van der Waals surface area contributed by atoms with Crippen LogP contribution in [0.4, 0.5) is 0 Å². The molecular formula is C22H16ClN3O2. The van der Waals surface area contributed by atoms with Crippen LogP contribution in [0.1, 0.15) is 11.1 Å². The molecule has 3 aromatic carbocycles. The van der Waals surface area contributed by atoms with Gasteiger partial charge in [-0.25, -0.2) is 5.43 Å². The second-order valence-electron chi connectivity index (χ2n) is 6.30. The van der Waals surface area contributed by atoms with Crippen LogP contribution in [0.2, 0.25) is 5.02 Å². The van der Waals surface area contributed by atoms with Gasteiger partial charge in [-0.05, 0) is 34.5 Å². The average Bonchev–Trinajstić information content (AvgIpc) is 2.72. The van der Waals surface area contributed by atoms with Crippen LogP contribution in [0.25, 0.3) is 21.7 Å². The maximum absolute atomic E-state index is 12.3. The first-order chi connectivity index (χ1) is 13.6. The van der Waals surface area contributed by atoms with Crippen LogP contribution in [-0.2, 0) is 11.2 Å². The van der Waals surface area contributed by atoms with Crippen molar-refractivity contribution < 1.29 is 9.90 Å². The van der Waals surface area contributed by atoms with E-state index >= 15 is 0 Å². The third kappa shape index (κ3) is 3.52.